The lowest BCUT2D eigenvalue weighted by atomic mass is 10.3. The maximum absolute atomic E-state index is 11.8. The topological polar surface area (TPSA) is 54.9 Å². The van der Waals surface area contributed by atoms with Crippen molar-refractivity contribution in [1.82, 2.24) is 9.97 Å². The molecule has 5 heteroatoms. The van der Waals surface area contributed by atoms with E-state index in [4.69, 9.17) is 11.6 Å². The highest BCUT2D eigenvalue weighted by molar-refractivity contribution is 6.29. The zero-order chi connectivity index (χ0) is 12.3. The summed E-state index contributed by atoms with van der Waals surface area (Å²) in [4.78, 5) is 19.8. The third kappa shape index (κ3) is 3.01. The number of aryl methyl sites for hydroxylation is 1. The van der Waals surface area contributed by atoms with Gasteiger partial charge in [-0.25, -0.2) is 9.97 Å². The fraction of sp³-hybridized carbons (Fsp3) is 0.0833. The van der Waals surface area contributed by atoms with Gasteiger partial charge in [0.15, 0.2) is 0 Å². The molecular weight excluding hydrogens is 238 g/mol. The summed E-state index contributed by atoms with van der Waals surface area (Å²) < 4.78 is 0. The number of aromatic nitrogens is 2. The number of pyridine rings is 2. The third-order valence-electron chi connectivity index (χ3n) is 2.11. The van der Waals surface area contributed by atoms with Crippen LogP contribution in [0.25, 0.3) is 0 Å². The van der Waals surface area contributed by atoms with Crippen molar-refractivity contribution in [2.75, 3.05) is 5.32 Å². The van der Waals surface area contributed by atoms with Gasteiger partial charge in [0.05, 0.1) is 0 Å². The van der Waals surface area contributed by atoms with Crippen molar-refractivity contribution in [1.29, 1.82) is 0 Å². The molecule has 0 atom stereocenters. The Labute approximate surface area is 104 Å². The molecule has 0 aliphatic heterocycles. The Kier molecular flexibility index (Phi) is 3.35. The molecule has 17 heavy (non-hydrogen) atoms. The number of nitrogens with zero attached hydrogens (tertiary/aromatic N) is 2. The third-order valence-corrected chi connectivity index (χ3v) is 2.31. The number of carbonyl (C=O) groups excluding carboxylic acids is 1. The summed E-state index contributed by atoms with van der Waals surface area (Å²) in [6, 6.07) is 8.52. The average Bonchev–Trinajstić information content (AvgIpc) is 2.29. The van der Waals surface area contributed by atoms with Crippen molar-refractivity contribution in [3.8, 4) is 0 Å². The van der Waals surface area contributed by atoms with Crippen molar-refractivity contribution in [2.24, 2.45) is 0 Å². The fourth-order valence-electron chi connectivity index (χ4n) is 1.34. The highest BCUT2D eigenvalue weighted by Gasteiger charge is 2.07. The number of nitrogens with one attached hydrogen (secondary N) is 1. The molecule has 0 unspecified atom stereocenters. The summed E-state index contributed by atoms with van der Waals surface area (Å²) >= 11 is 5.72. The maximum Gasteiger partial charge on any atom is 0.274 e. The summed E-state index contributed by atoms with van der Waals surface area (Å²) in [5.41, 5.74) is 1.77. The monoisotopic (exact) mass is 247 g/mol. The first kappa shape index (κ1) is 11.5. The smallest absolute Gasteiger partial charge is 0.274 e. The zero-order valence-corrected chi connectivity index (χ0v) is 9.90. The average molecular weight is 248 g/mol. The minimum atomic E-state index is -0.268. The number of carbonyl (C=O) groups is 1. The lowest BCUT2D eigenvalue weighted by molar-refractivity contribution is 0.102. The van der Waals surface area contributed by atoms with Crippen molar-refractivity contribution in [3.63, 3.8) is 0 Å². The highest BCUT2D eigenvalue weighted by Crippen LogP contribution is 2.12. The SMILES string of the molecule is Cc1cccc(C(=O)Nc2ccnc(Cl)c2)n1. The van der Waals surface area contributed by atoms with Gasteiger partial charge in [-0.1, -0.05) is 17.7 Å². The van der Waals surface area contributed by atoms with Crippen LogP contribution in [0.4, 0.5) is 5.69 Å². The van der Waals surface area contributed by atoms with Gasteiger partial charge in [-0.05, 0) is 31.2 Å². The van der Waals surface area contributed by atoms with Gasteiger partial charge in [0, 0.05) is 17.6 Å². The summed E-state index contributed by atoms with van der Waals surface area (Å²) in [6.45, 7) is 1.83. The van der Waals surface area contributed by atoms with Crippen LogP contribution in [0.2, 0.25) is 5.15 Å². The summed E-state index contributed by atoms with van der Waals surface area (Å²) in [6.07, 6.45) is 1.53. The predicted molar refractivity (Wildman–Crippen MR) is 66.2 cm³/mol. The minimum absolute atomic E-state index is 0.268. The van der Waals surface area contributed by atoms with E-state index in [0.29, 0.717) is 16.5 Å². The molecule has 0 aromatic carbocycles. The van der Waals surface area contributed by atoms with Crippen LogP contribution in [0.3, 0.4) is 0 Å². The second-order valence-corrected chi connectivity index (χ2v) is 3.87. The van der Waals surface area contributed by atoms with Crippen molar-refractivity contribution in [2.45, 2.75) is 6.92 Å². The van der Waals surface area contributed by atoms with Gasteiger partial charge in [0.1, 0.15) is 10.8 Å². The van der Waals surface area contributed by atoms with Crippen LogP contribution in [0.1, 0.15) is 16.2 Å². The minimum Gasteiger partial charge on any atom is -0.320 e. The molecule has 0 spiro atoms. The molecule has 0 fully saturated rings. The lowest BCUT2D eigenvalue weighted by Crippen LogP contribution is -2.13. The normalized spacial score (nSPS) is 10.0. The Morgan fingerprint density at radius 1 is 1.35 bits per heavy atom. The quantitative estimate of drug-likeness (QED) is 0.830. The van der Waals surface area contributed by atoms with Crippen LogP contribution in [0.5, 0.6) is 0 Å². The van der Waals surface area contributed by atoms with Gasteiger partial charge < -0.3 is 5.32 Å². The largest absolute Gasteiger partial charge is 0.320 e. The van der Waals surface area contributed by atoms with Crippen LogP contribution in [-0.2, 0) is 0 Å². The molecule has 86 valence electrons. The lowest BCUT2D eigenvalue weighted by Gasteiger charge is -2.04. The van der Waals surface area contributed by atoms with Gasteiger partial charge in [-0.15, -0.1) is 0 Å². The van der Waals surface area contributed by atoms with Crippen molar-refractivity contribution >= 4 is 23.2 Å². The molecule has 0 aliphatic carbocycles. The summed E-state index contributed by atoms with van der Waals surface area (Å²) in [7, 11) is 0. The van der Waals surface area contributed by atoms with E-state index < -0.39 is 0 Å². The summed E-state index contributed by atoms with van der Waals surface area (Å²) in [5, 5.41) is 3.03. The van der Waals surface area contributed by atoms with E-state index in [1.54, 1.807) is 24.3 Å². The number of hydrogen-bond acceptors (Lipinski definition) is 3. The van der Waals surface area contributed by atoms with E-state index in [9.17, 15) is 4.79 Å². The van der Waals surface area contributed by atoms with Crippen molar-refractivity contribution < 1.29 is 4.79 Å². The molecule has 0 saturated heterocycles. The van der Waals surface area contributed by atoms with Crippen LogP contribution in [0.15, 0.2) is 36.5 Å². The Hall–Kier alpha value is -1.94. The first-order chi connectivity index (χ1) is 8.15. The molecule has 2 aromatic rings. The van der Waals surface area contributed by atoms with E-state index >= 15 is 0 Å². The first-order valence-electron chi connectivity index (χ1n) is 5.02. The molecule has 2 aromatic heterocycles. The van der Waals surface area contributed by atoms with Crippen LogP contribution in [-0.4, -0.2) is 15.9 Å². The molecule has 1 amide bonds. The fourth-order valence-corrected chi connectivity index (χ4v) is 1.52. The Morgan fingerprint density at radius 3 is 2.88 bits per heavy atom. The molecule has 0 radical (unpaired) electrons. The van der Waals surface area contributed by atoms with Gasteiger partial charge >= 0.3 is 0 Å². The molecule has 0 aliphatic rings. The van der Waals surface area contributed by atoms with Crippen LogP contribution in [0, 0.1) is 6.92 Å². The number of halogens is 1. The van der Waals surface area contributed by atoms with Crippen LogP contribution < -0.4 is 5.32 Å². The molecule has 0 bridgehead atoms. The molecular formula is C12H10ClN3O. The number of amides is 1. The Morgan fingerprint density at radius 2 is 2.18 bits per heavy atom. The molecule has 0 saturated carbocycles. The van der Waals surface area contributed by atoms with E-state index in [-0.39, 0.29) is 5.91 Å². The van der Waals surface area contributed by atoms with Gasteiger partial charge in [0.2, 0.25) is 0 Å². The molecule has 4 nitrogen and oxygen atoms in total. The number of rotatable bonds is 2. The standard InChI is InChI=1S/C12H10ClN3O/c1-8-3-2-4-10(15-8)12(17)16-9-5-6-14-11(13)7-9/h2-7H,1H3,(H,14,16,17). The molecule has 1 N–H and O–H groups in total. The van der Waals surface area contributed by atoms with Crippen LogP contribution >= 0.6 is 11.6 Å². The van der Waals surface area contributed by atoms with E-state index in [2.05, 4.69) is 15.3 Å². The number of hydrogen-bond donors (Lipinski definition) is 1. The first-order valence-corrected chi connectivity index (χ1v) is 5.39. The second-order valence-electron chi connectivity index (χ2n) is 3.49. The Balaban J connectivity index is 2.17. The van der Waals surface area contributed by atoms with Crippen molar-refractivity contribution in [3.05, 3.63) is 53.1 Å². The maximum atomic E-state index is 11.8. The van der Waals surface area contributed by atoms with Gasteiger partial charge in [-0.3, -0.25) is 4.79 Å². The van der Waals surface area contributed by atoms with Gasteiger partial charge in [-0.2, -0.15) is 0 Å². The highest BCUT2D eigenvalue weighted by atomic mass is 35.5. The van der Waals surface area contributed by atoms with E-state index in [0.717, 1.165) is 5.69 Å². The zero-order valence-electron chi connectivity index (χ0n) is 9.14. The predicted octanol–water partition coefficient (Wildman–Crippen LogP) is 2.69. The van der Waals surface area contributed by atoms with E-state index in [1.165, 1.54) is 6.20 Å². The summed E-state index contributed by atoms with van der Waals surface area (Å²) in [5.74, 6) is -0.268. The molecule has 2 heterocycles. The molecule has 2 rings (SSSR count). The van der Waals surface area contributed by atoms with E-state index in [1.807, 2.05) is 13.0 Å². The second kappa shape index (κ2) is 4.93. The number of anilines is 1. The Bertz CT molecular complexity index is 557. The van der Waals surface area contributed by atoms with Gasteiger partial charge in [0.25, 0.3) is 5.91 Å².